The van der Waals surface area contributed by atoms with Crippen molar-refractivity contribution in [2.45, 2.75) is 39.0 Å². The number of carbonyl (C=O) groups excluding carboxylic acids is 1. The lowest BCUT2D eigenvalue weighted by Crippen LogP contribution is -2.51. The average molecular weight is 242 g/mol. The summed E-state index contributed by atoms with van der Waals surface area (Å²) >= 11 is 0. The van der Waals surface area contributed by atoms with Crippen molar-refractivity contribution in [1.82, 2.24) is 10.5 Å². The zero-order valence-corrected chi connectivity index (χ0v) is 10.5. The van der Waals surface area contributed by atoms with Gasteiger partial charge in [-0.05, 0) is 20.8 Å². The number of nitrogens with one attached hydrogen (secondary N) is 1. The summed E-state index contributed by atoms with van der Waals surface area (Å²) in [4.78, 5) is 11.8. The van der Waals surface area contributed by atoms with Crippen molar-refractivity contribution in [3.63, 3.8) is 0 Å². The third-order valence-electron chi connectivity index (χ3n) is 2.56. The van der Waals surface area contributed by atoms with E-state index in [2.05, 4.69) is 10.5 Å². The number of aromatic nitrogens is 1. The van der Waals surface area contributed by atoms with E-state index in [-0.39, 0.29) is 18.2 Å². The highest BCUT2D eigenvalue weighted by Crippen LogP contribution is 2.11. The summed E-state index contributed by atoms with van der Waals surface area (Å²) in [5.41, 5.74) is -0.553. The van der Waals surface area contributed by atoms with Crippen LogP contribution >= 0.6 is 0 Å². The Labute approximate surface area is 99.9 Å². The average Bonchev–Trinajstić information content (AvgIpc) is 2.66. The van der Waals surface area contributed by atoms with Crippen molar-refractivity contribution in [2.75, 3.05) is 7.11 Å². The fraction of sp³-hybridized carbons (Fsp3) is 0.636. The van der Waals surface area contributed by atoms with Gasteiger partial charge in [0.15, 0.2) is 11.5 Å². The summed E-state index contributed by atoms with van der Waals surface area (Å²) in [6.45, 7) is 5.33. The van der Waals surface area contributed by atoms with Crippen LogP contribution in [0.3, 0.4) is 0 Å². The van der Waals surface area contributed by atoms with E-state index in [1.807, 2.05) is 0 Å². The van der Waals surface area contributed by atoms with E-state index in [1.54, 1.807) is 20.8 Å². The van der Waals surface area contributed by atoms with Gasteiger partial charge in [-0.1, -0.05) is 5.16 Å². The lowest BCUT2D eigenvalue weighted by atomic mass is 9.98. The maximum absolute atomic E-state index is 11.8. The molecule has 1 unspecified atom stereocenters. The monoisotopic (exact) mass is 242 g/mol. The molecule has 6 nitrogen and oxygen atoms in total. The first-order chi connectivity index (χ1) is 7.86. The van der Waals surface area contributed by atoms with Crippen LogP contribution in [0.1, 0.15) is 37.0 Å². The van der Waals surface area contributed by atoms with Crippen molar-refractivity contribution >= 4 is 5.91 Å². The Morgan fingerprint density at radius 3 is 2.88 bits per heavy atom. The summed E-state index contributed by atoms with van der Waals surface area (Å²) in [6.07, 6.45) is -0.670. The molecule has 1 amide bonds. The Kier molecular flexibility index (Phi) is 4.25. The van der Waals surface area contributed by atoms with E-state index in [4.69, 9.17) is 9.26 Å². The van der Waals surface area contributed by atoms with Gasteiger partial charge < -0.3 is 19.7 Å². The second kappa shape index (κ2) is 5.29. The zero-order valence-electron chi connectivity index (χ0n) is 10.5. The second-order valence-electron chi connectivity index (χ2n) is 4.46. The van der Waals surface area contributed by atoms with Crippen LogP contribution in [0.4, 0.5) is 0 Å². The predicted octanol–water partition coefficient (Wildman–Crippen LogP) is 0.710. The Balaban J connectivity index is 2.69. The topological polar surface area (TPSA) is 84.6 Å². The fourth-order valence-corrected chi connectivity index (χ4v) is 1.09. The molecule has 17 heavy (non-hydrogen) atoms. The molecule has 0 bridgehead atoms. The minimum absolute atomic E-state index is 0.172. The molecule has 0 aliphatic rings. The van der Waals surface area contributed by atoms with Gasteiger partial charge in [-0.2, -0.15) is 0 Å². The van der Waals surface area contributed by atoms with Gasteiger partial charge >= 0.3 is 0 Å². The van der Waals surface area contributed by atoms with Crippen molar-refractivity contribution in [3.05, 3.63) is 17.5 Å². The Hall–Kier alpha value is -1.40. The van der Waals surface area contributed by atoms with Gasteiger partial charge in [-0.3, -0.25) is 4.79 Å². The van der Waals surface area contributed by atoms with E-state index in [0.29, 0.717) is 5.76 Å². The molecule has 0 saturated heterocycles. The molecule has 0 saturated carbocycles. The lowest BCUT2D eigenvalue weighted by Gasteiger charge is -2.28. The first-order valence-corrected chi connectivity index (χ1v) is 5.32. The molecule has 96 valence electrons. The maximum atomic E-state index is 11.8. The summed E-state index contributed by atoms with van der Waals surface area (Å²) in [5.74, 6) is 0.0921. The van der Waals surface area contributed by atoms with Crippen molar-refractivity contribution in [2.24, 2.45) is 0 Å². The molecule has 1 aromatic heterocycles. The highest BCUT2D eigenvalue weighted by atomic mass is 16.5. The number of aliphatic hydroxyl groups is 1. The van der Waals surface area contributed by atoms with Crippen molar-refractivity contribution in [3.8, 4) is 0 Å². The van der Waals surface area contributed by atoms with Crippen LogP contribution < -0.4 is 5.32 Å². The summed E-state index contributed by atoms with van der Waals surface area (Å²) < 4.78 is 9.76. The Bertz CT molecular complexity index is 385. The van der Waals surface area contributed by atoms with Crippen LogP contribution in [0.5, 0.6) is 0 Å². The lowest BCUT2D eigenvalue weighted by molar-refractivity contribution is 0.0702. The van der Waals surface area contributed by atoms with Gasteiger partial charge in [-0.15, -0.1) is 0 Å². The molecular formula is C11H18N2O4. The summed E-state index contributed by atoms with van der Waals surface area (Å²) in [7, 11) is 1.53. The number of aliphatic hydroxyl groups excluding tert-OH is 1. The molecule has 0 radical (unpaired) electrons. The van der Waals surface area contributed by atoms with Crippen LogP contribution in [0.25, 0.3) is 0 Å². The number of nitrogens with zero attached hydrogens (tertiary/aromatic N) is 1. The molecule has 1 atom stereocenters. The smallest absolute Gasteiger partial charge is 0.273 e. The molecule has 1 rings (SSSR count). The molecule has 0 aromatic carbocycles. The molecule has 1 aromatic rings. The number of hydrogen-bond acceptors (Lipinski definition) is 5. The van der Waals surface area contributed by atoms with Crippen LogP contribution in [0, 0.1) is 0 Å². The number of hydrogen-bond donors (Lipinski definition) is 2. The minimum Gasteiger partial charge on any atom is -0.391 e. The second-order valence-corrected chi connectivity index (χ2v) is 4.46. The van der Waals surface area contributed by atoms with E-state index in [9.17, 15) is 9.90 Å². The fourth-order valence-electron chi connectivity index (χ4n) is 1.09. The van der Waals surface area contributed by atoms with E-state index < -0.39 is 11.6 Å². The Morgan fingerprint density at radius 1 is 1.71 bits per heavy atom. The number of rotatable bonds is 5. The molecular weight excluding hydrogens is 224 g/mol. The van der Waals surface area contributed by atoms with Gasteiger partial charge in [0.1, 0.15) is 6.61 Å². The number of amides is 1. The first-order valence-electron chi connectivity index (χ1n) is 5.32. The predicted molar refractivity (Wildman–Crippen MR) is 60.4 cm³/mol. The van der Waals surface area contributed by atoms with E-state index in [1.165, 1.54) is 13.2 Å². The molecule has 6 heteroatoms. The van der Waals surface area contributed by atoms with Gasteiger partial charge in [-0.25, -0.2) is 0 Å². The molecule has 0 aliphatic carbocycles. The third kappa shape index (κ3) is 3.54. The van der Waals surface area contributed by atoms with Gasteiger partial charge in [0.05, 0.1) is 11.6 Å². The molecule has 0 fully saturated rings. The summed E-state index contributed by atoms with van der Waals surface area (Å²) in [5, 5.41) is 15.8. The molecule has 0 aliphatic heterocycles. The first kappa shape index (κ1) is 13.7. The number of carbonyl (C=O) groups is 1. The number of ether oxygens (including phenoxy) is 1. The Morgan fingerprint density at radius 2 is 2.35 bits per heavy atom. The SMILES string of the molecule is COCc1cc(C(=O)NC(C)(C)C(C)O)no1. The zero-order chi connectivity index (χ0) is 13.1. The normalized spacial score (nSPS) is 13.5. The minimum atomic E-state index is -0.725. The third-order valence-corrected chi connectivity index (χ3v) is 2.56. The van der Waals surface area contributed by atoms with Crippen LogP contribution in [-0.2, 0) is 11.3 Å². The molecule has 1 heterocycles. The summed E-state index contributed by atoms with van der Waals surface area (Å²) in [6, 6.07) is 1.51. The number of methoxy groups -OCH3 is 1. The van der Waals surface area contributed by atoms with Gasteiger partial charge in [0.25, 0.3) is 5.91 Å². The van der Waals surface area contributed by atoms with Crippen LogP contribution in [0.15, 0.2) is 10.6 Å². The highest BCUT2D eigenvalue weighted by Gasteiger charge is 2.27. The van der Waals surface area contributed by atoms with Crippen molar-refractivity contribution in [1.29, 1.82) is 0 Å². The quantitative estimate of drug-likeness (QED) is 0.794. The van der Waals surface area contributed by atoms with E-state index in [0.717, 1.165) is 0 Å². The molecule has 2 N–H and O–H groups in total. The largest absolute Gasteiger partial charge is 0.391 e. The highest BCUT2D eigenvalue weighted by molar-refractivity contribution is 5.92. The van der Waals surface area contributed by atoms with Crippen molar-refractivity contribution < 1.29 is 19.2 Å². The maximum Gasteiger partial charge on any atom is 0.273 e. The van der Waals surface area contributed by atoms with Crippen LogP contribution in [-0.4, -0.2) is 34.9 Å². The van der Waals surface area contributed by atoms with Crippen LogP contribution in [0.2, 0.25) is 0 Å². The molecule has 0 spiro atoms. The standard InChI is InChI=1S/C11H18N2O4/c1-7(14)11(2,3)12-10(15)9-5-8(6-16-4)17-13-9/h5,7,14H,6H2,1-4H3,(H,12,15). The van der Waals surface area contributed by atoms with Gasteiger partial charge in [0.2, 0.25) is 0 Å². The van der Waals surface area contributed by atoms with E-state index >= 15 is 0 Å². The van der Waals surface area contributed by atoms with Gasteiger partial charge in [0, 0.05) is 13.2 Å².